The molecule has 0 rings (SSSR count). The number of nitrogens with zero attached hydrogens (tertiary/aromatic N) is 1. The monoisotopic (exact) mass is 244 g/mol. The molecule has 0 spiro atoms. The second kappa shape index (κ2) is 9.86. The van der Waals surface area contributed by atoms with E-state index in [1.807, 2.05) is 0 Å². The van der Waals surface area contributed by atoms with E-state index in [9.17, 15) is 0 Å². The first-order chi connectivity index (χ1) is 6.54. The third-order valence-corrected chi connectivity index (χ3v) is 0.856. The normalized spacial score (nSPS) is 10.0. The smallest absolute Gasteiger partial charge is 0.396 e. The molecular formula is C6H17N2O6P. The summed E-state index contributed by atoms with van der Waals surface area (Å²) in [5.41, 5.74) is 3.85. The molecule has 0 aromatic carbocycles. The molecule has 0 aliphatic carbocycles. The topological polar surface area (TPSA) is 168 Å². The van der Waals surface area contributed by atoms with E-state index < -0.39 is 7.82 Å². The predicted molar refractivity (Wildman–Crippen MR) is 52.0 cm³/mol. The molecule has 7 N–H and O–H groups in total. The van der Waals surface area contributed by atoms with Gasteiger partial charge in [-0.1, -0.05) is 13.8 Å². The Balaban J connectivity index is -0.000000158. The lowest BCUT2D eigenvalue weighted by atomic mass is 9.97. The van der Waals surface area contributed by atoms with Gasteiger partial charge in [-0.2, -0.15) is 5.26 Å². The van der Waals surface area contributed by atoms with Crippen LogP contribution in [0, 0.1) is 16.9 Å². The molecule has 0 unspecified atom stereocenters. The Morgan fingerprint density at radius 2 is 1.40 bits per heavy atom. The summed E-state index contributed by atoms with van der Waals surface area (Å²) >= 11 is 0. The Morgan fingerprint density at radius 1 is 1.27 bits per heavy atom. The van der Waals surface area contributed by atoms with Crippen LogP contribution >= 0.6 is 7.82 Å². The minimum absolute atomic E-state index is 0.0451. The number of hydrogen-bond acceptors (Lipinski definition) is 5. The first kappa shape index (κ1) is 19.8. The Bertz CT molecular complexity index is 206. The van der Waals surface area contributed by atoms with Crippen LogP contribution in [0.4, 0.5) is 0 Å². The minimum Gasteiger partial charge on any atom is -0.396 e. The zero-order valence-electron chi connectivity index (χ0n) is 8.53. The van der Waals surface area contributed by atoms with Crippen LogP contribution in [-0.2, 0) is 4.57 Å². The van der Waals surface area contributed by atoms with E-state index in [0.717, 1.165) is 0 Å². The third kappa shape index (κ3) is 60.3. The van der Waals surface area contributed by atoms with Crippen molar-refractivity contribution in [2.75, 3.05) is 13.2 Å². The predicted octanol–water partition coefficient (Wildman–Crippen LogP) is -1.51. The fraction of sp³-hybridized carbons (Fsp3) is 0.833. The lowest BCUT2D eigenvalue weighted by molar-refractivity contribution is 0.0857. The van der Waals surface area contributed by atoms with Gasteiger partial charge in [0.05, 0.1) is 13.2 Å². The van der Waals surface area contributed by atoms with Crippen molar-refractivity contribution in [3.8, 4) is 6.19 Å². The summed E-state index contributed by atoms with van der Waals surface area (Å²) in [6, 6.07) is 0. The van der Waals surface area contributed by atoms with Crippen LogP contribution in [0.2, 0.25) is 0 Å². The lowest BCUT2D eigenvalue weighted by Gasteiger charge is -2.16. The highest BCUT2D eigenvalue weighted by Crippen LogP contribution is 2.25. The van der Waals surface area contributed by atoms with Crippen molar-refractivity contribution in [2.24, 2.45) is 11.1 Å². The fourth-order valence-electron chi connectivity index (χ4n) is 0.0500. The van der Waals surface area contributed by atoms with Gasteiger partial charge in [0.2, 0.25) is 0 Å². The van der Waals surface area contributed by atoms with Gasteiger partial charge in [0.1, 0.15) is 0 Å². The van der Waals surface area contributed by atoms with Gasteiger partial charge >= 0.3 is 7.82 Å². The molecule has 0 saturated heterocycles. The van der Waals surface area contributed by atoms with E-state index in [0.29, 0.717) is 0 Å². The molecule has 0 heterocycles. The maximum Gasteiger partial charge on any atom is 0.466 e. The highest BCUT2D eigenvalue weighted by molar-refractivity contribution is 7.45. The zero-order chi connectivity index (χ0) is 13.1. The zero-order valence-corrected chi connectivity index (χ0v) is 9.42. The van der Waals surface area contributed by atoms with Crippen LogP contribution in [0.3, 0.4) is 0 Å². The van der Waals surface area contributed by atoms with Crippen molar-refractivity contribution in [1.29, 1.82) is 5.26 Å². The summed E-state index contributed by atoms with van der Waals surface area (Å²) in [6.45, 7) is 3.69. The summed E-state index contributed by atoms with van der Waals surface area (Å²) < 4.78 is 8.88. The van der Waals surface area contributed by atoms with Crippen molar-refractivity contribution >= 4 is 7.82 Å². The SMILES string of the molecule is CC(C)(CO)CO.N#CN.O=P(O)(O)O. The number of rotatable bonds is 2. The Labute approximate surface area is 87.8 Å². The molecule has 0 aliphatic rings. The van der Waals surface area contributed by atoms with Crippen molar-refractivity contribution in [1.82, 2.24) is 0 Å². The maximum absolute atomic E-state index is 8.88. The molecule has 0 atom stereocenters. The molecule has 0 aromatic heterocycles. The maximum atomic E-state index is 8.88. The molecule has 92 valence electrons. The number of hydrogen-bond donors (Lipinski definition) is 6. The average Bonchev–Trinajstić information content (AvgIpc) is 2.03. The summed E-state index contributed by atoms with van der Waals surface area (Å²) in [4.78, 5) is 21.6. The average molecular weight is 244 g/mol. The van der Waals surface area contributed by atoms with Crippen molar-refractivity contribution in [3.05, 3.63) is 0 Å². The Hall–Kier alpha value is -0.680. The minimum atomic E-state index is -4.64. The second-order valence-electron chi connectivity index (χ2n) is 3.12. The Kier molecular flexibility index (Phi) is 13.0. The molecule has 0 saturated carbocycles. The van der Waals surface area contributed by atoms with Gasteiger partial charge in [-0.15, -0.1) is 0 Å². The van der Waals surface area contributed by atoms with E-state index in [2.05, 4.69) is 5.73 Å². The van der Waals surface area contributed by atoms with Gasteiger partial charge < -0.3 is 30.6 Å². The standard InChI is InChI=1S/C5H12O2.CH2N2.H3O4P/c1-5(2,3-6)4-7;2-1-3;1-5(2,3)4/h6-7H,3-4H2,1-2H3;2H2;(H3,1,2,3,4). The third-order valence-electron chi connectivity index (χ3n) is 0.856. The number of aliphatic hydroxyl groups excluding tert-OH is 2. The Morgan fingerprint density at radius 3 is 1.40 bits per heavy atom. The molecular weight excluding hydrogens is 227 g/mol. The molecule has 9 heteroatoms. The summed E-state index contributed by atoms with van der Waals surface area (Å²) in [6.07, 6.45) is 1.25. The molecule has 0 bridgehead atoms. The quantitative estimate of drug-likeness (QED) is 0.193. The van der Waals surface area contributed by atoms with Gasteiger partial charge in [-0.25, -0.2) is 4.57 Å². The largest absolute Gasteiger partial charge is 0.466 e. The van der Waals surface area contributed by atoms with Gasteiger partial charge in [0, 0.05) is 5.41 Å². The van der Waals surface area contributed by atoms with Gasteiger partial charge in [0.25, 0.3) is 0 Å². The van der Waals surface area contributed by atoms with E-state index in [1.54, 1.807) is 13.8 Å². The molecule has 8 nitrogen and oxygen atoms in total. The summed E-state index contributed by atoms with van der Waals surface area (Å²) in [5.74, 6) is 0. The van der Waals surface area contributed by atoms with Crippen LogP contribution in [0.1, 0.15) is 13.8 Å². The molecule has 0 aliphatic heterocycles. The van der Waals surface area contributed by atoms with Crippen LogP contribution in [-0.4, -0.2) is 38.1 Å². The van der Waals surface area contributed by atoms with Crippen LogP contribution in [0.25, 0.3) is 0 Å². The van der Waals surface area contributed by atoms with Crippen molar-refractivity contribution in [2.45, 2.75) is 13.8 Å². The molecule has 0 radical (unpaired) electrons. The van der Waals surface area contributed by atoms with Gasteiger partial charge in [0.15, 0.2) is 6.19 Å². The van der Waals surface area contributed by atoms with E-state index in [1.165, 1.54) is 6.19 Å². The van der Waals surface area contributed by atoms with Gasteiger partial charge in [-0.05, 0) is 0 Å². The lowest BCUT2D eigenvalue weighted by Crippen LogP contribution is -2.20. The number of phosphoric acid groups is 1. The summed E-state index contributed by atoms with van der Waals surface area (Å²) in [7, 11) is -4.64. The van der Waals surface area contributed by atoms with Crippen molar-refractivity contribution in [3.63, 3.8) is 0 Å². The first-order valence-electron chi connectivity index (χ1n) is 3.63. The van der Waals surface area contributed by atoms with Gasteiger partial charge in [-0.3, -0.25) is 0 Å². The number of aliphatic hydroxyl groups is 2. The van der Waals surface area contributed by atoms with E-state index >= 15 is 0 Å². The summed E-state index contributed by atoms with van der Waals surface area (Å²) in [5, 5.41) is 24.0. The molecule has 0 aromatic rings. The molecule has 15 heavy (non-hydrogen) atoms. The second-order valence-corrected chi connectivity index (χ2v) is 4.15. The highest BCUT2D eigenvalue weighted by Gasteiger charge is 2.13. The van der Waals surface area contributed by atoms with Crippen molar-refractivity contribution < 1.29 is 29.5 Å². The van der Waals surface area contributed by atoms with E-state index in [-0.39, 0.29) is 18.6 Å². The first-order valence-corrected chi connectivity index (χ1v) is 5.20. The fourth-order valence-corrected chi connectivity index (χ4v) is 0.0500. The van der Waals surface area contributed by atoms with E-state index in [4.69, 9.17) is 34.7 Å². The van der Waals surface area contributed by atoms with Crippen LogP contribution < -0.4 is 5.73 Å². The van der Waals surface area contributed by atoms with Crippen LogP contribution in [0.15, 0.2) is 0 Å². The molecule has 0 amide bonds. The molecule has 0 fully saturated rings. The number of nitriles is 1. The highest BCUT2D eigenvalue weighted by atomic mass is 31.2. The number of nitrogens with two attached hydrogens (primary N) is 1. The van der Waals surface area contributed by atoms with Crippen LogP contribution in [0.5, 0.6) is 0 Å².